The average molecular weight is 231 g/mol. The molecule has 0 aliphatic rings. The van der Waals surface area contributed by atoms with Gasteiger partial charge in [-0.15, -0.1) is 5.10 Å². The predicted molar refractivity (Wildman–Crippen MR) is 66.1 cm³/mol. The lowest BCUT2D eigenvalue weighted by molar-refractivity contribution is 0.288. The Balaban J connectivity index is 2.18. The number of hydrogen-bond acceptors (Lipinski definition) is 3. The summed E-state index contributed by atoms with van der Waals surface area (Å²) in [5.74, 6) is 0. The maximum absolute atomic E-state index is 8.76. The molecule has 0 amide bonds. The SMILES string of the molecule is CCc1cccc(-n2cc(CCCO)nn2)c1. The van der Waals surface area contributed by atoms with Crippen LogP contribution in [0.4, 0.5) is 0 Å². The molecule has 2 aromatic rings. The summed E-state index contributed by atoms with van der Waals surface area (Å²) in [7, 11) is 0. The summed E-state index contributed by atoms with van der Waals surface area (Å²) in [5.41, 5.74) is 3.24. The quantitative estimate of drug-likeness (QED) is 0.853. The van der Waals surface area contributed by atoms with E-state index in [-0.39, 0.29) is 6.61 Å². The monoisotopic (exact) mass is 231 g/mol. The Morgan fingerprint density at radius 1 is 1.35 bits per heavy atom. The number of aliphatic hydroxyl groups is 1. The van der Waals surface area contributed by atoms with E-state index >= 15 is 0 Å². The zero-order chi connectivity index (χ0) is 12.1. The van der Waals surface area contributed by atoms with Gasteiger partial charge in [-0.25, -0.2) is 4.68 Å². The molecule has 0 atom stereocenters. The minimum Gasteiger partial charge on any atom is -0.396 e. The average Bonchev–Trinajstić information content (AvgIpc) is 2.85. The van der Waals surface area contributed by atoms with Crippen molar-refractivity contribution in [3.63, 3.8) is 0 Å². The highest BCUT2D eigenvalue weighted by Crippen LogP contribution is 2.11. The molecule has 2 rings (SSSR count). The summed E-state index contributed by atoms with van der Waals surface area (Å²) in [6, 6.07) is 8.27. The first-order chi connectivity index (χ1) is 8.33. The largest absolute Gasteiger partial charge is 0.396 e. The van der Waals surface area contributed by atoms with Crippen molar-refractivity contribution in [3.05, 3.63) is 41.7 Å². The van der Waals surface area contributed by atoms with E-state index in [1.807, 2.05) is 18.3 Å². The van der Waals surface area contributed by atoms with Gasteiger partial charge in [0.1, 0.15) is 0 Å². The molecule has 17 heavy (non-hydrogen) atoms. The van der Waals surface area contributed by atoms with Crippen LogP contribution >= 0.6 is 0 Å². The highest BCUT2D eigenvalue weighted by atomic mass is 16.2. The third-order valence-electron chi connectivity index (χ3n) is 2.72. The van der Waals surface area contributed by atoms with E-state index in [1.165, 1.54) is 5.56 Å². The van der Waals surface area contributed by atoms with Crippen LogP contribution in [0.2, 0.25) is 0 Å². The van der Waals surface area contributed by atoms with E-state index in [0.29, 0.717) is 0 Å². The van der Waals surface area contributed by atoms with Gasteiger partial charge in [-0.3, -0.25) is 0 Å². The molecule has 0 radical (unpaired) electrons. The Labute approximate surface area is 101 Å². The van der Waals surface area contributed by atoms with Gasteiger partial charge in [0.25, 0.3) is 0 Å². The second-order valence-corrected chi connectivity index (χ2v) is 4.01. The first-order valence-corrected chi connectivity index (χ1v) is 5.95. The van der Waals surface area contributed by atoms with Crippen molar-refractivity contribution in [3.8, 4) is 5.69 Å². The molecule has 0 fully saturated rings. The Hall–Kier alpha value is -1.68. The van der Waals surface area contributed by atoms with E-state index in [2.05, 4.69) is 29.4 Å². The van der Waals surface area contributed by atoms with Crippen molar-refractivity contribution in [1.29, 1.82) is 0 Å². The van der Waals surface area contributed by atoms with Crippen LogP contribution in [0.3, 0.4) is 0 Å². The number of aromatic nitrogens is 3. The van der Waals surface area contributed by atoms with E-state index < -0.39 is 0 Å². The van der Waals surface area contributed by atoms with E-state index in [1.54, 1.807) is 4.68 Å². The summed E-state index contributed by atoms with van der Waals surface area (Å²) in [5, 5.41) is 17.0. The van der Waals surface area contributed by atoms with Crippen molar-refractivity contribution in [2.45, 2.75) is 26.2 Å². The molecule has 0 bridgehead atoms. The fourth-order valence-corrected chi connectivity index (χ4v) is 1.72. The second kappa shape index (κ2) is 5.59. The highest BCUT2D eigenvalue weighted by Gasteiger charge is 2.02. The Morgan fingerprint density at radius 2 is 2.24 bits per heavy atom. The van der Waals surface area contributed by atoms with Gasteiger partial charge in [-0.2, -0.15) is 0 Å². The van der Waals surface area contributed by atoms with Crippen LogP contribution in [0.25, 0.3) is 5.69 Å². The van der Waals surface area contributed by atoms with E-state index in [0.717, 1.165) is 30.6 Å². The maximum Gasteiger partial charge on any atom is 0.0832 e. The molecule has 1 aromatic heterocycles. The molecule has 0 aliphatic heterocycles. The van der Waals surface area contributed by atoms with Gasteiger partial charge < -0.3 is 5.11 Å². The molecule has 1 N–H and O–H groups in total. The normalized spacial score (nSPS) is 10.7. The van der Waals surface area contributed by atoms with E-state index in [9.17, 15) is 0 Å². The molecule has 0 saturated heterocycles. The van der Waals surface area contributed by atoms with Crippen LogP contribution in [0.1, 0.15) is 24.6 Å². The molecule has 90 valence electrons. The fraction of sp³-hybridized carbons (Fsp3) is 0.385. The summed E-state index contributed by atoms with van der Waals surface area (Å²) in [4.78, 5) is 0. The number of rotatable bonds is 5. The van der Waals surface area contributed by atoms with Crippen molar-refractivity contribution in [2.75, 3.05) is 6.61 Å². The third-order valence-corrected chi connectivity index (χ3v) is 2.72. The van der Waals surface area contributed by atoms with Crippen LogP contribution in [0.15, 0.2) is 30.5 Å². The number of benzene rings is 1. The molecule has 0 spiro atoms. The van der Waals surface area contributed by atoms with Crippen LogP contribution in [0, 0.1) is 0 Å². The van der Waals surface area contributed by atoms with Crippen LogP contribution in [0.5, 0.6) is 0 Å². The molecular formula is C13H17N3O. The highest BCUT2D eigenvalue weighted by molar-refractivity contribution is 5.35. The number of hydrogen-bond donors (Lipinski definition) is 1. The lowest BCUT2D eigenvalue weighted by Crippen LogP contribution is -1.95. The first kappa shape index (κ1) is 11.8. The molecular weight excluding hydrogens is 214 g/mol. The second-order valence-electron chi connectivity index (χ2n) is 4.01. The van der Waals surface area contributed by atoms with Gasteiger partial charge in [0.15, 0.2) is 0 Å². The van der Waals surface area contributed by atoms with Gasteiger partial charge in [-0.1, -0.05) is 24.3 Å². The Kier molecular flexibility index (Phi) is 3.88. The zero-order valence-electron chi connectivity index (χ0n) is 10.0. The van der Waals surface area contributed by atoms with Gasteiger partial charge in [0.05, 0.1) is 17.6 Å². The minimum atomic E-state index is 0.193. The molecule has 4 heteroatoms. The van der Waals surface area contributed by atoms with Gasteiger partial charge >= 0.3 is 0 Å². The Bertz CT molecular complexity index is 479. The lowest BCUT2D eigenvalue weighted by atomic mass is 10.1. The molecule has 1 heterocycles. The minimum absolute atomic E-state index is 0.193. The number of aryl methyl sites for hydroxylation is 2. The topological polar surface area (TPSA) is 50.9 Å². The molecule has 4 nitrogen and oxygen atoms in total. The van der Waals surface area contributed by atoms with Crippen molar-refractivity contribution < 1.29 is 5.11 Å². The first-order valence-electron chi connectivity index (χ1n) is 5.95. The van der Waals surface area contributed by atoms with Crippen LogP contribution < -0.4 is 0 Å². The van der Waals surface area contributed by atoms with Crippen LogP contribution in [-0.2, 0) is 12.8 Å². The summed E-state index contributed by atoms with van der Waals surface area (Å²) in [6.45, 7) is 2.32. The zero-order valence-corrected chi connectivity index (χ0v) is 10.0. The predicted octanol–water partition coefficient (Wildman–Crippen LogP) is 1.75. The standard InChI is InChI=1S/C13H17N3O/c1-2-11-5-3-7-13(9-11)16-10-12(14-15-16)6-4-8-17/h3,5,7,9-10,17H,2,4,6,8H2,1H3. The van der Waals surface area contributed by atoms with Crippen LogP contribution in [-0.4, -0.2) is 26.7 Å². The van der Waals surface area contributed by atoms with Gasteiger partial charge in [0.2, 0.25) is 0 Å². The lowest BCUT2D eigenvalue weighted by Gasteiger charge is -2.02. The summed E-state index contributed by atoms with van der Waals surface area (Å²) in [6.07, 6.45) is 4.43. The fourth-order valence-electron chi connectivity index (χ4n) is 1.72. The molecule has 0 aliphatic carbocycles. The molecule has 0 saturated carbocycles. The maximum atomic E-state index is 8.76. The molecule has 1 aromatic carbocycles. The molecule has 0 unspecified atom stereocenters. The Morgan fingerprint density at radius 3 is 3.00 bits per heavy atom. The third kappa shape index (κ3) is 2.91. The smallest absolute Gasteiger partial charge is 0.0832 e. The number of nitrogens with zero attached hydrogens (tertiary/aromatic N) is 3. The van der Waals surface area contributed by atoms with Crippen molar-refractivity contribution in [2.24, 2.45) is 0 Å². The van der Waals surface area contributed by atoms with Crippen molar-refractivity contribution in [1.82, 2.24) is 15.0 Å². The van der Waals surface area contributed by atoms with Crippen molar-refractivity contribution >= 4 is 0 Å². The van der Waals surface area contributed by atoms with E-state index in [4.69, 9.17) is 5.11 Å². The van der Waals surface area contributed by atoms with Gasteiger partial charge in [0, 0.05) is 6.61 Å². The number of aliphatic hydroxyl groups excluding tert-OH is 1. The summed E-state index contributed by atoms with van der Waals surface area (Å²) < 4.78 is 1.78. The summed E-state index contributed by atoms with van der Waals surface area (Å²) >= 11 is 0. The van der Waals surface area contributed by atoms with Gasteiger partial charge in [-0.05, 0) is 37.0 Å².